The molecule has 104 valence electrons. The Morgan fingerprint density at radius 3 is 2.89 bits per heavy atom. The molecule has 19 heavy (non-hydrogen) atoms. The second kappa shape index (κ2) is 5.95. The highest BCUT2D eigenvalue weighted by Crippen LogP contribution is 2.31. The second-order valence-electron chi connectivity index (χ2n) is 5.34. The minimum Gasteiger partial charge on any atom is -0.465 e. The SMILES string of the molecule is COC(=O)c1cc(NCC2CCCC2C)ccc1N. The molecule has 0 aromatic heterocycles. The molecule has 2 atom stereocenters. The van der Waals surface area contributed by atoms with Crippen molar-refractivity contribution in [1.29, 1.82) is 0 Å². The van der Waals surface area contributed by atoms with Crippen LogP contribution in [-0.2, 0) is 4.74 Å². The Morgan fingerprint density at radius 2 is 2.26 bits per heavy atom. The highest BCUT2D eigenvalue weighted by Gasteiger charge is 2.22. The summed E-state index contributed by atoms with van der Waals surface area (Å²) in [6.45, 7) is 3.26. The number of nitrogens with one attached hydrogen (secondary N) is 1. The molecular formula is C15H22N2O2. The molecule has 3 N–H and O–H groups in total. The summed E-state index contributed by atoms with van der Waals surface area (Å²) in [4.78, 5) is 11.6. The van der Waals surface area contributed by atoms with E-state index in [1.54, 1.807) is 12.1 Å². The lowest BCUT2D eigenvalue weighted by molar-refractivity contribution is 0.0602. The van der Waals surface area contributed by atoms with Gasteiger partial charge in [-0.2, -0.15) is 0 Å². The monoisotopic (exact) mass is 262 g/mol. The number of rotatable bonds is 4. The standard InChI is InChI=1S/C15H22N2O2/c1-10-4-3-5-11(10)9-17-12-6-7-14(16)13(8-12)15(18)19-2/h6-8,10-11,17H,3-5,9,16H2,1-2H3. The Bertz CT molecular complexity index is 459. The van der Waals surface area contributed by atoms with Crippen LogP contribution in [0.1, 0.15) is 36.5 Å². The summed E-state index contributed by atoms with van der Waals surface area (Å²) >= 11 is 0. The van der Waals surface area contributed by atoms with E-state index in [9.17, 15) is 4.79 Å². The number of carbonyl (C=O) groups is 1. The Balaban J connectivity index is 2.02. The van der Waals surface area contributed by atoms with Crippen molar-refractivity contribution in [1.82, 2.24) is 0 Å². The quantitative estimate of drug-likeness (QED) is 0.647. The average molecular weight is 262 g/mol. The van der Waals surface area contributed by atoms with E-state index < -0.39 is 5.97 Å². The van der Waals surface area contributed by atoms with Gasteiger partial charge >= 0.3 is 5.97 Å². The second-order valence-corrected chi connectivity index (χ2v) is 5.34. The molecule has 2 rings (SSSR count). The summed E-state index contributed by atoms with van der Waals surface area (Å²) in [5, 5.41) is 3.40. The van der Waals surface area contributed by atoms with Gasteiger partial charge < -0.3 is 15.8 Å². The molecular weight excluding hydrogens is 240 g/mol. The van der Waals surface area contributed by atoms with E-state index >= 15 is 0 Å². The minimum atomic E-state index is -0.393. The van der Waals surface area contributed by atoms with Crippen molar-refractivity contribution in [2.75, 3.05) is 24.7 Å². The van der Waals surface area contributed by atoms with Gasteiger partial charge in [0.05, 0.1) is 12.7 Å². The average Bonchev–Trinajstić information content (AvgIpc) is 2.82. The first-order valence-electron chi connectivity index (χ1n) is 6.83. The van der Waals surface area contributed by atoms with Gasteiger partial charge in [0.15, 0.2) is 0 Å². The number of methoxy groups -OCH3 is 1. The third kappa shape index (κ3) is 3.19. The fourth-order valence-corrected chi connectivity index (χ4v) is 2.73. The van der Waals surface area contributed by atoms with Gasteiger partial charge in [-0.3, -0.25) is 0 Å². The number of hydrogen-bond donors (Lipinski definition) is 2. The number of nitrogen functional groups attached to an aromatic ring is 1. The zero-order valence-corrected chi connectivity index (χ0v) is 11.6. The van der Waals surface area contributed by atoms with Gasteiger partial charge in [-0.15, -0.1) is 0 Å². The molecule has 0 bridgehead atoms. The highest BCUT2D eigenvalue weighted by molar-refractivity contribution is 5.96. The first-order valence-corrected chi connectivity index (χ1v) is 6.83. The zero-order chi connectivity index (χ0) is 13.8. The third-order valence-corrected chi connectivity index (χ3v) is 4.07. The maximum Gasteiger partial charge on any atom is 0.340 e. The van der Waals surface area contributed by atoms with Gasteiger partial charge in [0.2, 0.25) is 0 Å². The van der Waals surface area contributed by atoms with Crippen molar-refractivity contribution in [2.45, 2.75) is 26.2 Å². The summed E-state index contributed by atoms with van der Waals surface area (Å²) in [6, 6.07) is 5.41. The molecule has 0 radical (unpaired) electrons. The van der Waals surface area contributed by atoms with Crippen LogP contribution in [0.25, 0.3) is 0 Å². The minimum absolute atomic E-state index is 0.393. The van der Waals surface area contributed by atoms with Gasteiger partial charge in [0, 0.05) is 17.9 Å². The molecule has 1 saturated carbocycles. The number of ether oxygens (including phenoxy) is 1. The van der Waals surface area contributed by atoms with Crippen molar-refractivity contribution >= 4 is 17.3 Å². The lowest BCUT2D eigenvalue weighted by Gasteiger charge is -2.17. The number of hydrogen-bond acceptors (Lipinski definition) is 4. The first-order chi connectivity index (χ1) is 9.11. The zero-order valence-electron chi connectivity index (χ0n) is 11.6. The van der Waals surface area contributed by atoms with E-state index in [1.807, 2.05) is 6.07 Å². The van der Waals surface area contributed by atoms with E-state index in [-0.39, 0.29) is 0 Å². The van der Waals surface area contributed by atoms with Crippen molar-refractivity contribution in [3.05, 3.63) is 23.8 Å². The lowest BCUT2D eigenvalue weighted by Crippen LogP contribution is -2.17. The summed E-state index contributed by atoms with van der Waals surface area (Å²) in [5.74, 6) is 1.11. The first kappa shape index (κ1) is 13.7. The fraction of sp³-hybridized carbons (Fsp3) is 0.533. The van der Waals surface area contributed by atoms with Crippen LogP contribution in [0.3, 0.4) is 0 Å². The number of nitrogens with two attached hydrogens (primary N) is 1. The van der Waals surface area contributed by atoms with Gasteiger partial charge in [-0.1, -0.05) is 19.8 Å². The predicted octanol–water partition coefficient (Wildman–Crippen LogP) is 2.90. The number of benzene rings is 1. The molecule has 4 heteroatoms. The molecule has 0 aliphatic heterocycles. The highest BCUT2D eigenvalue weighted by atomic mass is 16.5. The fourth-order valence-electron chi connectivity index (χ4n) is 2.73. The molecule has 1 aliphatic rings. The third-order valence-electron chi connectivity index (χ3n) is 4.07. The molecule has 2 unspecified atom stereocenters. The van der Waals surface area contributed by atoms with E-state index in [0.717, 1.165) is 24.1 Å². The summed E-state index contributed by atoms with van der Waals surface area (Å²) in [5.41, 5.74) is 7.58. The number of anilines is 2. The normalized spacial score (nSPS) is 22.2. The molecule has 1 aromatic rings. The van der Waals surface area contributed by atoms with Crippen LogP contribution < -0.4 is 11.1 Å². The largest absolute Gasteiger partial charge is 0.465 e. The molecule has 0 heterocycles. The van der Waals surface area contributed by atoms with Crippen LogP contribution in [0.4, 0.5) is 11.4 Å². The van der Waals surface area contributed by atoms with Crippen LogP contribution >= 0.6 is 0 Å². The topological polar surface area (TPSA) is 64.3 Å². The lowest BCUT2D eigenvalue weighted by atomic mass is 9.98. The molecule has 0 amide bonds. The van der Waals surface area contributed by atoms with Crippen LogP contribution in [0, 0.1) is 11.8 Å². The predicted molar refractivity (Wildman–Crippen MR) is 77.2 cm³/mol. The molecule has 0 spiro atoms. The summed E-state index contributed by atoms with van der Waals surface area (Å²) in [6.07, 6.45) is 3.93. The van der Waals surface area contributed by atoms with Crippen molar-refractivity contribution in [3.63, 3.8) is 0 Å². The Morgan fingerprint density at radius 1 is 1.47 bits per heavy atom. The van der Waals surface area contributed by atoms with Gasteiger partial charge in [-0.05, 0) is 36.5 Å². The van der Waals surface area contributed by atoms with Gasteiger partial charge in [0.1, 0.15) is 0 Å². The molecule has 0 saturated heterocycles. The summed E-state index contributed by atoms with van der Waals surface area (Å²) in [7, 11) is 1.36. The Labute approximate surface area is 114 Å². The van der Waals surface area contributed by atoms with Crippen molar-refractivity contribution in [2.24, 2.45) is 11.8 Å². The van der Waals surface area contributed by atoms with E-state index in [1.165, 1.54) is 26.4 Å². The molecule has 1 fully saturated rings. The van der Waals surface area contributed by atoms with Crippen LogP contribution in [-0.4, -0.2) is 19.6 Å². The van der Waals surface area contributed by atoms with Crippen LogP contribution in [0.15, 0.2) is 18.2 Å². The smallest absolute Gasteiger partial charge is 0.340 e. The molecule has 1 aliphatic carbocycles. The van der Waals surface area contributed by atoms with E-state index in [0.29, 0.717) is 11.3 Å². The van der Waals surface area contributed by atoms with E-state index in [4.69, 9.17) is 10.5 Å². The molecule has 1 aromatic carbocycles. The molecule has 4 nitrogen and oxygen atoms in total. The summed E-state index contributed by atoms with van der Waals surface area (Å²) < 4.78 is 4.72. The van der Waals surface area contributed by atoms with Crippen molar-refractivity contribution < 1.29 is 9.53 Å². The number of esters is 1. The van der Waals surface area contributed by atoms with E-state index in [2.05, 4.69) is 12.2 Å². The Kier molecular flexibility index (Phi) is 4.30. The maximum atomic E-state index is 11.6. The van der Waals surface area contributed by atoms with Gasteiger partial charge in [-0.25, -0.2) is 4.79 Å². The Hall–Kier alpha value is -1.71. The van der Waals surface area contributed by atoms with Crippen LogP contribution in [0.2, 0.25) is 0 Å². The van der Waals surface area contributed by atoms with Gasteiger partial charge in [0.25, 0.3) is 0 Å². The number of carbonyl (C=O) groups excluding carboxylic acids is 1. The maximum absolute atomic E-state index is 11.6. The van der Waals surface area contributed by atoms with Crippen LogP contribution in [0.5, 0.6) is 0 Å². The van der Waals surface area contributed by atoms with Crippen molar-refractivity contribution in [3.8, 4) is 0 Å².